The first kappa shape index (κ1) is 14.4. The zero-order valence-electron chi connectivity index (χ0n) is 11.5. The maximum Gasteiger partial charge on any atom is 0.164 e. The van der Waals surface area contributed by atoms with E-state index in [0.29, 0.717) is 5.88 Å². The van der Waals surface area contributed by atoms with E-state index in [1.54, 1.807) is 0 Å². The van der Waals surface area contributed by atoms with Crippen molar-refractivity contribution >= 4 is 23.2 Å². The van der Waals surface area contributed by atoms with E-state index in [9.17, 15) is 0 Å². The third-order valence-corrected chi connectivity index (χ3v) is 3.60. The van der Waals surface area contributed by atoms with Gasteiger partial charge in [-0.05, 0) is 51.5 Å². The van der Waals surface area contributed by atoms with Gasteiger partial charge in [-0.3, -0.25) is 0 Å². The van der Waals surface area contributed by atoms with Crippen LogP contribution in [0.25, 0.3) is 11.4 Å². The molecule has 0 N–H and O–H groups in total. The summed E-state index contributed by atoms with van der Waals surface area (Å²) < 4.78 is 2.07. The summed E-state index contributed by atoms with van der Waals surface area (Å²) in [6, 6.07) is 5.86. The van der Waals surface area contributed by atoms with Crippen molar-refractivity contribution < 1.29 is 0 Å². The van der Waals surface area contributed by atoms with Gasteiger partial charge in [-0.15, -0.1) is 21.8 Å². The molecule has 2 aromatic rings. The first-order valence-electron chi connectivity index (χ1n) is 6.12. The molecular weight excluding hydrogens is 281 g/mol. The number of aromatic nitrogens is 3. The summed E-state index contributed by atoms with van der Waals surface area (Å²) in [7, 11) is 0. The standard InChI is InChI=1S/C14H17Cl2N3/c1-9-7-10(5-6-11(9)16)13-18-17-12(8-15)19(13)14(2,3)4/h5-7H,8H2,1-4H3. The highest BCUT2D eigenvalue weighted by molar-refractivity contribution is 6.31. The van der Waals surface area contributed by atoms with Gasteiger partial charge < -0.3 is 4.57 Å². The predicted octanol–water partition coefficient (Wildman–Crippen LogP) is 4.40. The van der Waals surface area contributed by atoms with Gasteiger partial charge in [0.15, 0.2) is 5.82 Å². The van der Waals surface area contributed by atoms with Crippen LogP contribution < -0.4 is 0 Å². The van der Waals surface area contributed by atoms with E-state index in [0.717, 1.165) is 27.8 Å². The lowest BCUT2D eigenvalue weighted by Crippen LogP contribution is -2.24. The molecule has 0 saturated carbocycles. The lowest BCUT2D eigenvalue weighted by atomic mass is 10.1. The van der Waals surface area contributed by atoms with E-state index in [1.807, 2.05) is 25.1 Å². The Balaban J connectivity index is 2.62. The summed E-state index contributed by atoms with van der Waals surface area (Å²) >= 11 is 12.0. The van der Waals surface area contributed by atoms with Gasteiger partial charge in [0.05, 0.1) is 5.88 Å². The average Bonchev–Trinajstić information content (AvgIpc) is 2.76. The smallest absolute Gasteiger partial charge is 0.164 e. The third-order valence-electron chi connectivity index (χ3n) is 2.94. The molecule has 0 unspecified atom stereocenters. The van der Waals surface area contributed by atoms with Gasteiger partial charge >= 0.3 is 0 Å². The van der Waals surface area contributed by atoms with Crippen molar-refractivity contribution in [3.8, 4) is 11.4 Å². The molecule has 0 aliphatic heterocycles. The summed E-state index contributed by atoms with van der Waals surface area (Å²) in [6.07, 6.45) is 0. The molecule has 1 heterocycles. The second-order valence-corrected chi connectivity index (χ2v) is 6.22. The Hall–Kier alpha value is -1.06. The Bertz CT molecular complexity index is 597. The second-order valence-electron chi connectivity index (χ2n) is 5.54. The maximum atomic E-state index is 6.07. The van der Waals surface area contributed by atoms with Crippen molar-refractivity contribution in [2.45, 2.75) is 39.1 Å². The van der Waals surface area contributed by atoms with Crippen LogP contribution in [-0.4, -0.2) is 14.8 Å². The van der Waals surface area contributed by atoms with Crippen LogP contribution in [0.2, 0.25) is 5.02 Å². The van der Waals surface area contributed by atoms with Crippen molar-refractivity contribution in [3.05, 3.63) is 34.6 Å². The number of hydrogen-bond donors (Lipinski definition) is 0. The fourth-order valence-corrected chi connectivity index (χ4v) is 2.37. The van der Waals surface area contributed by atoms with Gasteiger partial charge in [-0.2, -0.15) is 0 Å². The lowest BCUT2D eigenvalue weighted by Gasteiger charge is -2.24. The van der Waals surface area contributed by atoms with Crippen molar-refractivity contribution in [2.24, 2.45) is 0 Å². The number of alkyl halides is 1. The summed E-state index contributed by atoms with van der Waals surface area (Å²) in [5.74, 6) is 1.94. The molecule has 3 nitrogen and oxygen atoms in total. The van der Waals surface area contributed by atoms with Gasteiger partial charge in [0.1, 0.15) is 5.82 Å². The fourth-order valence-electron chi connectivity index (χ4n) is 2.08. The SMILES string of the molecule is Cc1cc(-c2nnc(CCl)n2C(C)(C)C)ccc1Cl. The molecular formula is C14H17Cl2N3. The fraction of sp³-hybridized carbons (Fsp3) is 0.429. The van der Waals surface area contributed by atoms with E-state index < -0.39 is 0 Å². The molecule has 0 atom stereocenters. The quantitative estimate of drug-likeness (QED) is 0.769. The van der Waals surface area contributed by atoms with Crippen LogP contribution in [0.15, 0.2) is 18.2 Å². The first-order chi connectivity index (χ1) is 8.84. The predicted molar refractivity (Wildman–Crippen MR) is 79.8 cm³/mol. The molecule has 102 valence electrons. The number of nitrogens with zero attached hydrogens (tertiary/aromatic N) is 3. The second kappa shape index (κ2) is 5.14. The minimum absolute atomic E-state index is 0.128. The highest BCUT2D eigenvalue weighted by Crippen LogP contribution is 2.29. The number of rotatable bonds is 2. The van der Waals surface area contributed by atoms with Gasteiger partial charge in [0.25, 0.3) is 0 Å². The molecule has 19 heavy (non-hydrogen) atoms. The molecule has 0 radical (unpaired) electrons. The zero-order valence-corrected chi connectivity index (χ0v) is 13.0. The number of aryl methyl sites for hydroxylation is 1. The van der Waals surface area contributed by atoms with Crippen molar-refractivity contribution in [3.63, 3.8) is 0 Å². The zero-order chi connectivity index (χ0) is 14.2. The summed E-state index contributed by atoms with van der Waals surface area (Å²) in [5.41, 5.74) is 1.90. The highest BCUT2D eigenvalue weighted by Gasteiger charge is 2.23. The third kappa shape index (κ3) is 2.77. The molecule has 1 aromatic carbocycles. The topological polar surface area (TPSA) is 30.7 Å². The largest absolute Gasteiger partial charge is 0.305 e. The Kier molecular flexibility index (Phi) is 3.88. The molecule has 0 aliphatic carbocycles. The van der Waals surface area contributed by atoms with Crippen LogP contribution in [0.4, 0.5) is 0 Å². The first-order valence-corrected chi connectivity index (χ1v) is 7.03. The van der Waals surface area contributed by atoms with Crippen LogP contribution in [0.1, 0.15) is 32.2 Å². The Labute approximate surface area is 123 Å². The van der Waals surface area contributed by atoms with Crippen molar-refractivity contribution in [1.82, 2.24) is 14.8 Å². The molecule has 0 aliphatic rings. The van der Waals surface area contributed by atoms with Gasteiger partial charge in [0.2, 0.25) is 0 Å². The van der Waals surface area contributed by atoms with Crippen LogP contribution >= 0.6 is 23.2 Å². The normalized spacial score (nSPS) is 11.9. The number of halogens is 2. The van der Waals surface area contributed by atoms with Crippen LogP contribution in [-0.2, 0) is 11.4 Å². The molecule has 0 fully saturated rings. The summed E-state index contributed by atoms with van der Waals surface area (Å²) in [4.78, 5) is 0. The highest BCUT2D eigenvalue weighted by atomic mass is 35.5. The Morgan fingerprint density at radius 1 is 1.21 bits per heavy atom. The lowest BCUT2D eigenvalue weighted by molar-refractivity contribution is 0.390. The molecule has 5 heteroatoms. The molecule has 0 saturated heterocycles. The molecule has 0 amide bonds. The van der Waals surface area contributed by atoms with Crippen molar-refractivity contribution in [1.29, 1.82) is 0 Å². The van der Waals surface area contributed by atoms with Gasteiger partial charge in [0, 0.05) is 16.1 Å². The van der Waals surface area contributed by atoms with Crippen LogP contribution in [0, 0.1) is 6.92 Å². The van der Waals surface area contributed by atoms with Gasteiger partial charge in [-0.25, -0.2) is 0 Å². The molecule has 0 bridgehead atoms. The molecule has 1 aromatic heterocycles. The Morgan fingerprint density at radius 2 is 1.89 bits per heavy atom. The molecule has 2 rings (SSSR count). The number of hydrogen-bond acceptors (Lipinski definition) is 2. The van der Waals surface area contributed by atoms with Crippen molar-refractivity contribution in [2.75, 3.05) is 0 Å². The maximum absolute atomic E-state index is 6.07. The monoisotopic (exact) mass is 297 g/mol. The van der Waals surface area contributed by atoms with E-state index in [4.69, 9.17) is 23.2 Å². The van der Waals surface area contributed by atoms with E-state index in [-0.39, 0.29) is 5.54 Å². The Morgan fingerprint density at radius 3 is 2.42 bits per heavy atom. The average molecular weight is 298 g/mol. The van der Waals surface area contributed by atoms with E-state index in [1.165, 1.54) is 0 Å². The number of benzene rings is 1. The van der Waals surface area contributed by atoms with Crippen LogP contribution in [0.5, 0.6) is 0 Å². The van der Waals surface area contributed by atoms with Crippen LogP contribution in [0.3, 0.4) is 0 Å². The van der Waals surface area contributed by atoms with E-state index >= 15 is 0 Å². The summed E-state index contributed by atoms with van der Waals surface area (Å²) in [6.45, 7) is 8.31. The van der Waals surface area contributed by atoms with E-state index in [2.05, 4.69) is 35.5 Å². The minimum Gasteiger partial charge on any atom is -0.305 e. The minimum atomic E-state index is -0.128. The molecule has 0 spiro atoms. The van der Waals surface area contributed by atoms with Gasteiger partial charge in [-0.1, -0.05) is 11.6 Å². The summed E-state index contributed by atoms with van der Waals surface area (Å²) in [5, 5.41) is 9.21.